The van der Waals surface area contributed by atoms with Gasteiger partial charge in [0.15, 0.2) is 0 Å². The van der Waals surface area contributed by atoms with Crippen LogP contribution < -0.4 is 5.32 Å². The zero-order valence-electron chi connectivity index (χ0n) is 7.89. The molecule has 1 heteroatoms. The summed E-state index contributed by atoms with van der Waals surface area (Å²) in [6, 6.07) is 8.53. The molecule has 0 aliphatic carbocycles. The van der Waals surface area contributed by atoms with Gasteiger partial charge in [0.05, 0.1) is 0 Å². The molecule has 0 saturated heterocycles. The lowest BCUT2D eigenvalue weighted by Crippen LogP contribution is -1.94. The Balaban J connectivity index is 2.89. The van der Waals surface area contributed by atoms with E-state index in [9.17, 15) is 0 Å². The van der Waals surface area contributed by atoms with Crippen LogP contribution in [-0.2, 0) is 0 Å². The molecule has 0 radical (unpaired) electrons. The minimum Gasteiger partial charge on any atom is -0.394 e. The Morgan fingerprint density at radius 3 is 2.33 bits per heavy atom. The van der Waals surface area contributed by atoms with E-state index in [1.165, 1.54) is 16.7 Å². The molecule has 0 heterocycles. The van der Waals surface area contributed by atoms with Crippen LogP contribution in [0.25, 0.3) is 5.57 Å². The van der Waals surface area contributed by atoms with E-state index in [-0.39, 0.29) is 0 Å². The number of nitrogens with one attached hydrogen (secondary N) is 1. The van der Waals surface area contributed by atoms with Gasteiger partial charge in [-0.05, 0) is 31.2 Å². The minimum absolute atomic E-state index is 1.26. The summed E-state index contributed by atoms with van der Waals surface area (Å²) in [7, 11) is 1.91. The molecule has 0 amide bonds. The maximum absolute atomic E-state index is 3.02. The SMILES string of the molecule is CN/C=C(/C)c1ccc(C)cc1. The lowest BCUT2D eigenvalue weighted by atomic mass is 10.1. The first-order chi connectivity index (χ1) is 5.74. The lowest BCUT2D eigenvalue weighted by Gasteiger charge is -2.01. The van der Waals surface area contributed by atoms with Crippen LogP contribution in [0.3, 0.4) is 0 Å². The number of benzene rings is 1. The average Bonchev–Trinajstić information content (AvgIpc) is 2.06. The highest BCUT2D eigenvalue weighted by atomic mass is 14.8. The topological polar surface area (TPSA) is 12.0 Å². The maximum atomic E-state index is 3.02. The van der Waals surface area contributed by atoms with Crippen molar-refractivity contribution in [1.29, 1.82) is 0 Å². The predicted octanol–water partition coefficient (Wildman–Crippen LogP) is 2.58. The van der Waals surface area contributed by atoms with Gasteiger partial charge in [-0.3, -0.25) is 0 Å². The van der Waals surface area contributed by atoms with Gasteiger partial charge in [0.1, 0.15) is 0 Å². The summed E-state index contributed by atoms with van der Waals surface area (Å²) in [6.45, 7) is 4.20. The van der Waals surface area contributed by atoms with E-state index in [2.05, 4.69) is 43.4 Å². The van der Waals surface area contributed by atoms with Crippen LogP contribution in [-0.4, -0.2) is 7.05 Å². The van der Waals surface area contributed by atoms with Crippen molar-refractivity contribution in [3.05, 3.63) is 41.6 Å². The third kappa shape index (κ3) is 2.12. The van der Waals surface area contributed by atoms with E-state index < -0.39 is 0 Å². The third-order valence-electron chi connectivity index (χ3n) is 1.87. The number of allylic oxidation sites excluding steroid dienone is 1. The Hall–Kier alpha value is -1.24. The highest BCUT2D eigenvalue weighted by molar-refractivity contribution is 5.63. The molecule has 1 aromatic carbocycles. The monoisotopic (exact) mass is 161 g/mol. The van der Waals surface area contributed by atoms with Gasteiger partial charge in [0, 0.05) is 7.05 Å². The van der Waals surface area contributed by atoms with E-state index in [4.69, 9.17) is 0 Å². The Kier molecular flexibility index (Phi) is 2.92. The van der Waals surface area contributed by atoms with E-state index in [1.54, 1.807) is 0 Å². The minimum atomic E-state index is 1.26. The largest absolute Gasteiger partial charge is 0.394 e. The number of rotatable bonds is 2. The summed E-state index contributed by atoms with van der Waals surface area (Å²) in [5.41, 5.74) is 3.84. The standard InChI is InChI=1S/C11H15N/c1-9-4-6-11(7-5-9)10(2)8-12-3/h4-8,12H,1-3H3/b10-8-. The van der Waals surface area contributed by atoms with Crippen LogP contribution in [0.2, 0.25) is 0 Å². The fourth-order valence-electron chi connectivity index (χ4n) is 1.12. The van der Waals surface area contributed by atoms with Crippen LogP contribution >= 0.6 is 0 Å². The van der Waals surface area contributed by atoms with Crippen molar-refractivity contribution >= 4 is 5.57 Å². The first kappa shape index (κ1) is 8.85. The Morgan fingerprint density at radius 1 is 1.25 bits per heavy atom. The van der Waals surface area contributed by atoms with Crippen molar-refractivity contribution in [3.63, 3.8) is 0 Å². The molecule has 0 fully saturated rings. The summed E-state index contributed by atoms with van der Waals surface area (Å²) in [6.07, 6.45) is 2.00. The zero-order chi connectivity index (χ0) is 8.97. The molecule has 0 atom stereocenters. The third-order valence-corrected chi connectivity index (χ3v) is 1.87. The van der Waals surface area contributed by atoms with Gasteiger partial charge in [-0.15, -0.1) is 0 Å². The van der Waals surface area contributed by atoms with E-state index in [0.717, 1.165) is 0 Å². The second-order valence-electron chi connectivity index (χ2n) is 2.98. The quantitative estimate of drug-likeness (QED) is 0.703. The molecule has 64 valence electrons. The number of hydrogen-bond donors (Lipinski definition) is 1. The summed E-state index contributed by atoms with van der Waals surface area (Å²) < 4.78 is 0. The molecule has 12 heavy (non-hydrogen) atoms. The fourth-order valence-corrected chi connectivity index (χ4v) is 1.12. The van der Waals surface area contributed by atoms with Gasteiger partial charge in [0.2, 0.25) is 0 Å². The van der Waals surface area contributed by atoms with E-state index in [1.807, 2.05) is 13.2 Å². The van der Waals surface area contributed by atoms with Crippen molar-refractivity contribution in [2.45, 2.75) is 13.8 Å². The molecule has 0 spiro atoms. The molecule has 0 aliphatic rings. The lowest BCUT2D eigenvalue weighted by molar-refractivity contribution is 1.10. The average molecular weight is 161 g/mol. The van der Waals surface area contributed by atoms with E-state index in [0.29, 0.717) is 0 Å². The molecule has 1 aromatic rings. The van der Waals surface area contributed by atoms with Crippen molar-refractivity contribution in [1.82, 2.24) is 5.32 Å². The van der Waals surface area contributed by atoms with Gasteiger partial charge in [-0.25, -0.2) is 0 Å². The van der Waals surface area contributed by atoms with Crippen LogP contribution in [0, 0.1) is 6.92 Å². The molecule has 1 nitrogen and oxygen atoms in total. The second kappa shape index (κ2) is 3.96. The van der Waals surface area contributed by atoms with Gasteiger partial charge < -0.3 is 5.32 Å². The van der Waals surface area contributed by atoms with Crippen LogP contribution in [0.1, 0.15) is 18.1 Å². The Bertz CT molecular complexity index is 270. The molecular formula is C11H15N. The summed E-state index contributed by atoms with van der Waals surface area (Å²) in [5.74, 6) is 0. The smallest absolute Gasteiger partial charge is 0.00278 e. The molecule has 0 unspecified atom stereocenters. The zero-order valence-corrected chi connectivity index (χ0v) is 7.89. The Morgan fingerprint density at radius 2 is 1.83 bits per heavy atom. The number of aryl methyl sites for hydroxylation is 1. The molecule has 0 aliphatic heterocycles. The van der Waals surface area contributed by atoms with Crippen LogP contribution in [0.15, 0.2) is 30.5 Å². The summed E-state index contributed by atoms with van der Waals surface area (Å²) >= 11 is 0. The first-order valence-corrected chi connectivity index (χ1v) is 4.15. The molecule has 0 saturated carbocycles. The molecular weight excluding hydrogens is 146 g/mol. The number of hydrogen-bond acceptors (Lipinski definition) is 1. The normalized spacial score (nSPS) is 11.4. The highest BCUT2D eigenvalue weighted by Crippen LogP contribution is 2.12. The predicted molar refractivity (Wildman–Crippen MR) is 53.9 cm³/mol. The van der Waals surface area contributed by atoms with Crippen molar-refractivity contribution < 1.29 is 0 Å². The van der Waals surface area contributed by atoms with Crippen molar-refractivity contribution in [2.75, 3.05) is 7.05 Å². The summed E-state index contributed by atoms with van der Waals surface area (Å²) in [5, 5.41) is 3.02. The molecule has 1 N–H and O–H groups in total. The van der Waals surface area contributed by atoms with Gasteiger partial charge in [0.25, 0.3) is 0 Å². The molecule has 1 rings (SSSR count). The van der Waals surface area contributed by atoms with Crippen LogP contribution in [0.4, 0.5) is 0 Å². The maximum Gasteiger partial charge on any atom is 0.00278 e. The van der Waals surface area contributed by atoms with Gasteiger partial charge in [-0.2, -0.15) is 0 Å². The van der Waals surface area contributed by atoms with Crippen LogP contribution in [0.5, 0.6) is 0 Å². The van der Waals surface area contributed by atoms with Crippen molar-refractivity contribution in [2.24, 2.45) is 0 Å². The van der Waals surface area contributed by atoms with E-state index >= 15 is 0 Å². The first-order valence-electron chi connectivity index (χ1n) is 4.15. The highest BCUT2D eigenvalue weighted by Gasteiger charge is 1.92. The Labute approximate surface area is 74.1 Å². The second-order valence-corrected chi connectivity index (χ2v) is 2.98. The summed E-state index contributed by atoms with van der Waals surface area (Å²) in [4.78, 5) is 0. The van der Waals surface area contributed by atoms with Gasteiger partial charge >= 0.3 is 0 Å². The van der Waals surface area contributed by atoms with Gasteiger partial charge in [-0.1, -0.05) is 29.8 Å². The van der Waals surface area contributed by atoms with Crippen molar-refractivity contribution in [3.8, 4) is 0 Å². The fraction of sp³-hybridized carbons (Fsp3) is 0.273. The molecule has 0 bridgehead atoms. The molecule has 0 aromatic heterocycles.